The van der Waals surface area contributed by atoms with Crippen LogP contribution in [0.2, 0.25) is 0 Å². The van der Waals surface area contributed by atoms with Gasteiger partial charge in [-0.05, 0) is 31.5 Å². The molecule has 0 saturated heterocycles. The van der Waals surface area contributed by atoms with Crippen LogP contribution in [0.5, 0.6) is 0 Å². The summed E-state index contributed by atoms with van der Waals surface area (Å²) in [7, 11) is 0. The third-order valence-corrected chi connectivity index (χ3v) is 2.71. The molecular weight excluding hydrogens is 196 g/mol. The van der Waals surface area contributed by atoms with Crippen molar-refractivity contribution >= 4 is 16.7 Å². The van der Waals surface area contributed by atoms with E-state index in [1.54, 1.807) is 0 Å². The molecule has 1 N–H and O–H groups in total. The van der Waals surface area contributed by atoms with Crippen LogP contribution >= 0.6 is 0 Å². The molecule has 2 rings (SSSR count). The standard InChI is InChI=1S/C14H18N2/c1-3-6-11(2)15-14-10-9-12-7-4-5-8-13(12)16-14/h4-5,7-11H,3,6H2,1-2H3,(H,15,16). The first-order valence-corrected chi connectivity index (χ1v) is 5.92. The van der Waals surface area contributed by atoms with Crippen molar-refractivity contribution < 1.29 is 0 Å². The van der Waals surface area contributed by atoms with Crippen molar-refractivity contribution in [2.24, 2.45) is 0 Å². The number of rotatable bonds is 4. The molecule has 0 aliphatic rings. The smallest absolute Gasteiger partial charge is 0.126 e. The Hall–Kier alpha value is -1.57. The van der Waals surface area contributed by atoms with Gasteiger partial charge in [-0.15, -0.1) is 0 Å². The zero-order valence-corrected chi connectivity index (χ0v) is 9.90. The molecule has 1 unspecified atom stereocenters. The quantitative estimate of drug-likeness (QED) is 0.836. The predicted octanol–water partition coefficient (Wildman–Crippen LogP) is 3.84. The molecule has 0 radical (unpaired) electrons. The van der Waals surface area contributed by atoms with Gasteiger partial charge in [-0.1, -0.05) is 31.5 Å². The molecule has 84 valence electrons. The van der Waals surface area contributed by atoms with E-state index in [0.29, 0.717) is 6.04 Å². The van der Waals surface area contributed by atoms with E-state index in [4.69, 9.17) is 0 Å². The maximum Gasteiger partial charge on any atom is 0.126 e. The van der Waals surface area contributed by atoms with Crippen LogP contribution in [0.4, 0.5) is 5.82 Å². The Labute approximate surface area is 96.7 Å². The molecule has 16 heavy (non-hydrogen) atoms. The largest absolute Gasteiger partial charge is 0.368 e. The summed E-state index contributed by atoms with van der Waals surface area (Å²) in [5, 5.41) is 4.61. The number of hydrogen-bond acceptors (Lipinski definition) is 2. The molecule has 0 amide bonds. The SMILES string of the molecule is CCCC(C)Nc1ccc2ccccc2n1. The molecule has 0 aliphatic heterocycles. The number of aromatic nitrogens is 1. The van der Waals surface area contributed by atoms with Crippen LogP contribution in [0, 0.1) is 0 Å². The lowest BCUT2D eigenvalue weighted by Gasteiger charge is -2.13. The minimum atomic E-state index is 0.485. The van der Waals surface area contributed by atoms with Crippen LogP contribution in [0.25, 0.3) is 10.9 Å². The highest BCUT2D eigenvalue weighted by molar-refractivity contribution is 5.80. The summed E-state index contributed by atoms with van der Waals surface area (Å²) in [6.45, 7) is 4.40. The Bertz CT molecular complexity index is 465. The lowest BCUT2D eigenvalue weighted by Crippen LogP contribution is -2.15. The van der Waals surface area contributed by atoms with Crippen molar-refractivity contribution in [3.05, 3.63) is 36.4 Å². The van der Waals surface area contributed by atoms with Gasteiger partial charge in [0, 0.05) is 11.4 Å². The van der Waals surface area contributed by atoms with E-state index in [2.05, 4.69) is 42.3 Å². The zero-order valence-electron chi connectivity index (χ0n) is 9.90. The predicted molar refractivity (Wildman–Crippen MR) is 69.7 cm³/mol. The summed E-state index contributed by atoms with van der Waals surface area (Å²) in [4.78, 5) is 4.59. The summed E-state index contributed by atoms with van der Waals surface area (Å²) in [6.07, 6.45) is 2.37. The van der Waals surface area contributed by atoms with Crippen LogP contribution in [0.15, 0.2) is 36.4 Å². The maximum absolute atomic E-state index is 4.59. The molecule has 0 saturated carbocycles. The maximum atomic E-state index is 4.59. The number of benzene rings is 1. The lowest BCUT2D eigenvalue weighted by molar-refractivity contribution is 0.688. The Kier molecular flexibility index (Phi) is 3.40. The van der Waals surface area contributed by atoms with E-state index in [1.807, 2.05) is 18.2 Å². The fourth-order valence-electron chi connectivity index (χ4n) is 1.90. The molecular formula is C14H18N2. The highest BCUT2D eigenvalue weighted by atomic mass is 15.0. The van der Waals surface area contributed by atoms with Gasteiger partial charge in [-0.25, -0.2) is 4.98 Å². The summed E-state index contributed by atoms with van der Waals surface area (Å²) in [5.74, 6) is 0.972. The van der Waals surface area contributed by atoms with Crippen molar-refractivity contribution in [1.29, 1.82) is 0 Å². The number of nitrogens with one attached hydrogen (secondary N) is 1. The molecule has 1 heterocycles. The molecule has 0 spiro atoms. The van der Waals surface area contributed by atoms with Crippen LogP contribution in [-0.4, -0.2) is 11.0 Å². The molecule has 0 aliphatic carbocycles. The van der Waals surface area contributed by atoms with Gasteiger partial charge in [-0.2, -0.15) is 0 Å². The van der Waals surface area contributed by atoms with Crippen LogP contribution in [0.3, 0.4) is 0 Å². The Morgan fingerprint density at radius 2 is 2.00 bits per heavy atom. The summed E-state index contributed by atoms with van der Waals surface area (Å²) >= 11 is 0. The van der Waals surface area contributed by atoms with Gasteiger partial charge in [0.05, 0.1) is 5.52 Å². The molecule has 2 aromatic rings. The minimum Gasteiger partial charge on any atom is -0.368 e. The second-order valence-electron chi connectivity index (χ2n) is 4.22. The van der Waals surface area contributed by atoms with Gasteiger partial charge in [0.25, 0.3) is 0 Å². The second kappa shape index (κ2) is 4.97. The summed E-state index contributed by atoms with van der Waals surface area (Å²) in [6, 6.07) is 12.8. The number of hydrogen-bond donors (Lipinski definition) is 1. The van der Waals surface area contributed by atoms with E-state index in [9.17, 15) is 0 Å². The fourth-order valence-corrected chi connectivity index (χ4v) is 1.90. The Balaban J connectivity index is 2.19. The van der Waals surface area contributed by atoms with E-state index in [-0.39, 0.29) is 0 Å². The number of fused-ring (bicyclic) bond motifs is 1. The Morgan fingerprint density at radius 1 is 1.19 bits per heavy atom. The summed E-state index contributed by atoms with van der Waals surface area (Å²) in [5.41, 5.74) is 1.05. The Morgan fingerprint density at radius 3 is 2.81 bits per heavy atom. The molecule has 1 aromatic heterocycles. The van der Waals surface area contributed by atoms with Crippen LogP contribution in [-0.2, 0) is 0 Å². The van der Waals surface area contributed by atoms with Crippen LogP contribution < -0.4 is 5.32 Å². The molecule has 1 aromatic carbocycles. The lowest BCUT2D eigenvalue weighted by atomic mass is 10.2. The molecule has 1 atom stereocenters. The highest BCUT2D eigenvalue weighted by Gasteiger charge is 2.02. The normalized spacial score (nSPS) is 12.6. The first kappa shape index (κ1) is 10.9. The van der Waals surface area contributed by atoms with Crippen molar-refractivity contribution in [2.75, 3.05) is 5.32 Å². The first-order valence-electron chi connectivity index (χ1n) is 5.92. The van der Waals surface area contributed by atoms with Gasteiger partial charge in [-0.3, -0.25) is 0 Å². The molecule has 0 bridgehead atoms. The van der Waals surface area contributed by atoms with Crippen molar-refractivity contribution in [2.45, 2.75) is 32.7 Å². The number of anilines is 1. The van der Waals surface area contributed by atoms with E-state index < -0.39 is 0 Å². The number of nitrogens with zero attached hydrogens (tertiary/aromatic N) is 1. The fraction of sp³-hybridized carbons (Fsp3) is 0.357. The van der Waals surface area contributed by atoms with Gasteiger partial charge in [0.15, 0.2) is 0 Å². The van der Waals surface area contributed by atoms with E-state index in [1.165, 1.54) is 18.2 Å². The van der Waals surface area contributed by atoms with Crippen molar-refractivity contribution in [3.8, 4) is 0 Å². The monoisotopic (exact) mass is 214 g/mol. The van der Waals surface area contributed by atoms with Crippen LogP contribution in [0.1, 0.15) is 26.7 Å². The van der Waals surface area contributed by atoms with Gasteiger partial charge in [0.2, 0.25) is 0 Å². The third-order valence-electron chi connectivity index (χ3n) is 2.71. The first-order chi connectivity index (χ1) is 7.79. The van der Waals surface area contributed by atoms with Crippen molar-refractivity contribution in [1.82, 2.24) is 4.98 Å². The van der Waals surface area contributed by atoms with E-state index in [0.717, 1.165) is 11.3 Å². The van der Waals surface area contributed by atoms with Crippen molar-refractivity contribution in [3.63, 3.8) is 0 Å². The zero-order chi connectivity index (χ0) is 11.4. The average molecular weight is 214 g/mol. The van der Waals surface area contributed by atoms with E-state index >= 15 is 0 Å². The number of pyridine rings is 1. The van der Waals surface area contributed by atoms with Gasteiger partial charge in [0.1, 0.15) is 5.82 Å². The third kappa shape index (κ3) is 2.51. The van der Waals surface area contributed by atoms with Gasteiger partial charge < -0.3 is 5.32 Å². The molecule has 2 heteroatoms. The second-order valence-corrected chi connectivity index (χ2v) is 4.22. The minimum absolute atomic E-state index is 0.485. The topological polar surface area (TPSA) is 24.9 Å². The van der Waals surface area contributed by atoms with Gasteiger partial charge >= 0.3 is 0 Å². The highest BCUT2D eigenvalue weighted by Crippen LogP contribution is 2.15. The average Bonchev–Trinajstić information content (AvgIpc) is 2.29. The molecule has 2 nitrogen and oxygen atoms in total. The summed E-state index contributed by atoms with van der Waals surface area (Å²) < 4.78 is 0. The number of para-hydroxylation sites is 1. The molecule has 0 fully saturated rings.